The van der Waals surface area contributed by atoms with E-state index in [1.807, 2.05) is 19.1 Å². The average molecular weight is 394 g/mol. The second-order valence-electron chi connectivity index (χ2n) is 5.54. The predicted molar refractivity (Wildman–Crippen MR) is 88.9 cm³/mol. The quantitative estimate of drug-likeness (QED) is 0.723. The van der Waals surface area contributed by atoms with Gasteiger partial charge in [-0.1, -0.05) is 21.1 Å². The summed E-state index contributed by atoms with van der Waals surface area (Å²) < 4.78 is 0.922. The van der Waals surface area contributed by atoms with Crippen molar-refractivity contribution in [1.82, 2.24) is 30.8 Å². The minimum absolute atomic E-state index is 0.0195. The van der Waals surface area contributed by atoms with Gasteiger partial charge < -0.3 is 15.5 Å². The van der Waals surface area contributed by atoms with Crippen LogP contribution in [0, 0.1) is 0 Å². The smallest absolute Gasteiger partial charge is 0.319 e. The number of hydrogen-bond acceptors (Lipinski definition) is 5. The number of halogens is 1. The maximum Gasteiger partial charge on any atom is 0.319 e. The average Bonchev–Trinajstić information content (AvgIpc) is 3.14. The highest BCUT2D eigenvalue weighted by molar-refractivity contribution is 9.10. The molecule has 2 atom stereocenters. The van der Waals surface area contributed by atoms with Crippen LogP contribution in [0.5, 0.6) is 0 Å². The van der Waals surface area contributed by atoms with Gasteiger partial charge in [0.05, 0.1) is 6.54 Å². The van der Waals surface area contributed by atoms with Gasteiger partial charge in [0.25, 0.3) is 0 Å². The molecule has 1 aromatic carbocycles. The molecule has 0 saturated carbocycles. The zero-order valence-corrected chi connectivity index (χ0v) is 14.4. The van der Waals surface area contributed by atoms with Gasteiger partial charge in [0.1, 0.15) is 6.04 Å². The minimum atomic E-state index is -0.567. The fourth-order valence-corrected chi connectivity index (χ4v) is 2.87. The fraction of sp³-hybridized carbons (Fsp3) is 0.357. The van der Waals surface area contributed by atoms with Crippen LogP contribution < -0.4 is 10.6 Å². The lowest BCUT2D eigenvalue weighted by atomic mass is 10.2. The van der Waals surface area contributed by atoms with E-state index in [-0.39, 0.29) is 18.5 Å². The third-order valence-corrected chi connectivity index (χ3v) is 4.33. The molecule has 1 aliphatic heterocycles. The third-order valence-electron chi connectivity index (χ3n) is 3.80. The Kier molecular flexibility index (Phi) is 4.74. The van der Waals surface area contributed by atoms with Gasteiger partial charge in [-0.05, 0) is 37.6 Å². The van der Waals surface area contributed by atoms with Crippen LogP contribution in [0.3, 0.4) is 0 Å². The van der Waals surface area contributed by atoms with Gasteiger partial charge in [0.15, 0.2) is 5.82 Å². The van der Waals surface area contributed by atoms with Crippen molar-refractivity contribution < 1.29 is 9.59 Å². The monoisotopic (exact) mass is 393 g/mol. The molecule has 1 aliphatic rings. The van der Waals surface area contributed by atoms with Crippen LogP contribution >= 0.6 is 15.9 Å². The van der Waals surface area contributed by atoms with Crippen LogP contribution in [0.15, 0.2) is 28.7 Å². The Bertz CT molecular complexity index is 719. The molecule has 1 aromatic heterocycles. The number of rotatable bonds is 4. The summed E-state index contributed by atoms with van der Waals surface area (Å²) in [5, 5.41) is 19.0. The number of urea groups is 1. The zero-order valence-electron chi connectivity index (χ0n) is 12.9. The van der Waals surface area contributed by atoms with E-state index in [0.717, 1.165) is 4.47 Å². The number of nitrogens with one attached hydrogen (secondary N) is 3. The normalized spacial score (nSPS) is 20.2. The number of aromatic nitrogens is 4. The van der Waals surface area contributed by atoms with Crippen molar-refractivity contribution >= 4 is 33.6 Å². The standard InChI is InChI=1S/C14H16BrN7O2/c1-8-6-11(13(23)22(8)7-12-18-20-21-19-12)17-14(24)16-10-4-2-9(15)3-5-10/h2-5,8,11H,6-7H2,1H3,(H2,16,17,24)(H,18,19,20,21)/t8?,11-/m0/s1. The van der Waals surface area contributed by atoms with E-state index in [0.29, 0.717) is 17.9 Å². The molecule has 3 N–H and O–H groups in total. The maximum atomic E-state index is 12.5. The number of nitrogens with zero attached hydrogens (tertiary/aromatic N) is 4. The van der Waals surface area contributed by atoms with Gasteiger partial charge in [-0.15, -0.1) is 10.2 Å². The van der Waals surface area contributed by atoms with Crippen LogP contribution in [-0.2, 0) is 11.3 Å². The molecule has 1 fully saturated rings. The summed E-state index contributed by atoms with van der Waals surface area (Å²) in [5.41, 5.74) is 0.651. The number of benzene rings is 1. The lowest BCUT2D eigenvalue weighted by Gasteiger charge is -2.19. The highest BCUT2D eigenvalue weighted by Gasteiger charge is 2.38. The lowest BCUT2D eigenvalue weighted by Crippen LogP contribution is -2.43. The molecule has 24 heavy (non-hydrogen) atoms. The van der Waals surface area contributed by atoms with Gasteiger partial charge in [0, 0.05) is 16.2 Å². The largest absolute Gasteiger partial charge is 0.330 e. The van der Waals surface area contributed by atoms with Crippen molar-refractivity contribution in [2.45, 2.75) is 32.0 Å². The summed E-state index contributed by atoms with van der Waals surface area (Å²) in [6.07, 6.45) is 0.532. The summed E-state index contributed by atoms with van der Waals surface area (Å²) in [6, 6.07) is 6.19. The first-order chi connectivity index (χ1) is 11.5. The first kappa shape index (κ1) is 16.4. The topological polar surface area (TPSA) is 116 Å². The number of aromatic amines is 1. The SMILES string of the molecule is CC1C[C@H](NC(=O)Nc2ccc(Br)cc2)C(=O)N1Cc1nn[nH]n1. The highest BCUT2D eigenvalue weighted by atomic mass is 79.9. The predicted octanol–water partition coefficient (Wildman–Crippen LogP) is 1.27. The molecule has 1 unspecified atom stereocenters. The Morgan fingerprint density at radius 2 is 2.17 bits per heavy atom. The van der Waals surface area contributed by atoms with E-state index in [1.54, 1.807) is 17.0 Å². The molecule has 3 rings (SSSR count). The van der Waals surface area contributed by atoms with E-state index in [9.17, 15) is 9.59 Å². The molecule has 1 saturated heterocycles. The first-order valence-electron chi connectivity index (χ1n) is 7.39. The van der Waals surface area contributed by atoms with Gasteiger partial charge in [-0.25, -0.2) is 4.79 Å². The number of amides is 3. The summed E-state index contributed by atoms with van der Waals surface area (Å²) >= 11 is 3.33. The summed E-state index contributed by atoms with van der Waals surface area (Å²) in [7, 11) is 0. The Balaban J connectivity index is 1.58. The Labute approximate surface area is 146 Å². The number of H-pyrrole nitrogens is 1. The molecule has 0 spiro atoms. The number of hydrogen-bond donors (Lipinski definition) is 3. The summed E-state index contributed by atoms with van der Waals surface area (Å²) in [5.74, 6) is 0.286. The van der Waals surface area contributed by atoms with E-state index in [1.165, 1.54) is 0 Å². The lowest BCUT2D eigenvalue weighted by molar-refractivity contribution is -0.130. The molecule has 0 bridgehead atoms. The van der Waals surface area contributed by atoms with Crippen molar-refractivity contribution in [3.63, 3.8) is 0 Å². The molecular weight excluding hydrogens is 378 g/mol. The van der Waals surface area contributed by atoms with E-state index >= 15 is 0 Å². The number of tetrazole rings is 1. The second kappa shape index (κ2) is 6.95. The Hall–Kier alpha value is -2.49. The van der Waals surface area contributed by atoms with Gasteiger partial charge >= 0.3 is 6.03 Å². The molecule has 2 heterocycles. The molecule has 9 nitrogen and oxygen atoms in total. The first-order valence-corrected chi connectivity index (χ1v) is 8.18. The Morgan fingerprint density at radius 3 is 2.83 bits per heavy atom. The molecule has 0 radical (unpaired) electrons. The number of carbonyl (C=O) groups excluding carboxylic acids is 2. The van der Waals surface area contributed by atoms with Gasteiger partial charge in [0.2, 0.25) is 5.91 Å². The number of anilines is 1. The molecule has 126 valence electrons. The van der Waals surface area contributed by atoms with Crippen LogP contribution in [0.25, 0.3) is 0 Å². The van der Waals surface area contributed by atoms with Crippen LogP contribution in [0.1, 0.15) is 19.2 Å². The van der Waals surface area contributed by atoms with Crippen molar-refractivity contribution in [1.29, 1.82) is 0 Å². The molecule has 0 aliphatic carbocycles. The van der Waals surface area contributed by atoms with Crippen LogP contribution in [0.4, 0.5) is 10.5 Å². The van der Waals surface area contributed by atoms with E-state index in [2.05, 4.69) is 47.2 Å². The Morgan fingerprint density at radius 1 is 1.42 bits per heavy atom. The fourth-order valence-electron chi connectivity index (χ4n) is 2.60. The summed E-state index contributed by atoms with van der Waals surface area (Å²) in [4.78, 5) is 26.2. The van der Waals surface area contributed by atoms with Gasteiger partial charge in [-0.2, -0.15) is 5.21 Å². The molecule has 10 heteroatoms. The molecule has 2 aromatic rings. The van der Waals surface area contributed by atoms with Crippen molar-refractivity contribution in [3.8, 4) is 0 Å². The second-order valence-corrected chi connectivity index (χ2v) is 6.45. The van der Waals surface area contributed by atoms with Crippen LogP contribution in [-0.4, -0.2) is 49.5 Å². The number of likely N-dealkylation sites (tertiary alicyclic amines) is 1. The van der Waals surface area contributed by atoms with Crippen molar-refractivity contribution in [2.75, 3.05) is 5.32 Å². The zero-order chi connectivity index (χ0) is 17.1. The molecular formula is C14H16BrN7O2. The summed E-state index contributed by atoms with van der Waals surface area (Å²) in [6.45, 7) is 2.19. The third kappa shape index (κ3) is 3.70. The molecule has 3 amide bonds. The van der Waals surface area contributed by atoms with Crippen LogP contribution in [0.2, 0.25) is 0 Å². The van der Waals surface area contributed by atoms with Crippen molar-refractivity contribution in [3.05, 3.63) is 34.6 Å². The van der Waals surface area contributed by atoms with Crippen molar-refractivity contribution in [2.24, 2.45) is 0 Å². The maximum absolute atomic E-state index is 12.5. The van der Waals surface area contributed by atoms with E-state index in [4.69, 9.17) is 0 Å². The van der Waals surface area contributed by atoms with E-state index < -0.39 is 12.1 Å². The van der Waals surface area contributed by atoms with Gasteiger partial charge in [-0.3, -0.25) is 4.79 Å². The number of carbonyl (C=O) groups is 2. The minimum Gasteiger partial charge on any atom is -0.330 e. The highest BCUT2D eigenvalue weighted by Crippen LogP contribution is 2.21.